The highest BCUT2D eigenvalue weighted by molar-refractivity contribution is 5.76. The van der Waals surface area contributed by atoms with Crippen LogP contribution in [0.5, 0.6) is 0 Å². The van der Waals surface area contributed by atoms with Crippen LogP contribution in [-0.2, 0) is 4.79 Å². The van der Waals surface area contributed by atoms with Crippen LogP contribution in [0.4, 0.5) is 0 Å². The molecule has 0 aromatic carbocycles. The van der Waals surface area contributed by atoms with Gasteiger partial charge in [0.1, 0.15) is 0 Å². The van der Waals surface area contributed by atoms with Crippen molar-refractivity contribution < 1.29 is 15.0 Å². The second-order valence-corrected chi connectivity index (χ2v) is 12.6. The minimum atomic E-state index is -0.865. The maximum Gasteiger partial charge on any atom is 0.220 e. The summed E-state index contributed by atoms with van der Waals surface area (Å²) in [4.78, 5) is 12.2. The molecule has 0 aromatic rings. The van der Waals surface area contributed by atoms with Gasteiger partial charge in [-0.2, -0.15) is 0 Å². The van der Waals surface area contributed by atoms with Gasteiger partial charge in [-0.1, -0.05) is 172 Å². The third kappa shape index (κ3) is 31.8. The monoisotopic (exact) mass is 604 g/mol. The van der Waals surface area contributed by atoms with Gasteiger partial charge in [0.25, 0.3) is 0 Å². The molecule has 0 saturated carbocycles. The highest BCUT2D eigenvalue weighted by atomic mass is 16.3. The van der Waals surface area contributed by atoms with Crippen LogP contribution in [0.1, 0.15) is 187 Å². The fourth-order valence-corrected chi connectivity index (χ4v) is 5.44. The molecule has 0 aliphatic rings. The van der Waals surface area contributed by atoms with E-state index in [0.717, 1.165) is 38.5 Å². The van der Waals surface area contributed by atoms with E-state index in [2.05, 4.69) is 43.5 Å². The minimum absolute atomic E-state index is 0.0829. The normalized spacial score (nSPS) is 13.5. The van der Waals surface area contributed by atoms with E-state index in [1.807, 2.05) is 6.08 Å². The number of carbonyl (C=O) groups is 1. The summed E-state index contributed by atoms with van der Waals surface area (Å²) in [5.41, 5.74) is 0. The lowest BCUT2D eigenvalue weighted by molar-refractivity contribution is -0.123. The number of rotatable bonds is 33. The van der Waals surface area contributed by atoms with Gasteiger partial charge >= 0.3 is 0 Å². The fraction of sp³-hybridized carbons (Fsp3) is 0.821. The van der Waals surface area contributed by atoms with Gasteiger partial charge in [-0.25, -0.2) is 0 Å². The summed E-state index contributed by atoms with van der Waals surface area (Å²) in [5.74, 6) is -0.0829. The molecule has 0 fully saturated rings. The topological polar surface area (TPSA) is 69.6 Å². The number of hydrogen-bond donors (Lipinski definition) is 3. The molecule has 0 radical (unpaired) electrons. The summed E-state index contributed by atoms with van der Waals surface area (Å²) in [6.45, 7) is 4.26. The predicted molar refractivity (Wildman–Crippen MR) is 188 cm³/mol. The van der Waals surface area contributed by atoms with E-state index in [4.69, 9.17) is 0 Å². The first-order chi connectivity index (χ1) is 21.2. The van der Waals surface area contributed by atoms with Crippen LogP contribution in [0.2, 0.25) is 0 Å². The van der Waals surface area contributed by atoms with Crippen LogP contribution in [0.25, 0.3) is 0 Å². The predicted octanol–water partition coefficient (Wildman–Crippen LogP) is 11.1. The van der Waals surface area contributed by atoms with Crippen LogP contribution in [0, 0.1) is 0 Å². The molecule has 0 aliphatic heterocycles. The Morgan fingerprint density at radius 3 is 1.35 bits per heavy atom. The largest absolute Gasteiger partial charge is 0.394 e. The fourth-order valence-electron chi connectivity index (χ4n) is 5.44. The number of allylic oxidation sites excluding steroid dienone is 5. The summed E-state index contributed by atoms with van der Waals surface area (Å²) in [6.07, 6.45) is 45.3. The Morgan fingerprint density at radius 2 is 0.907 bits per heavy atom. The number of aliphatic hydroxyl groups excluding tert-OH is 2. The number of carbonyl (C=O) groups excluding carboxylic acids is 1. The second kappa shape index (κ2) is 35.1. The highest BCUT2D eigenvalue weighted by Gasteiger charge is 2.17. The summed E-state index contributed by atoms with van der Waals surface area (Å²) < 4.78 is 0. The number of unbranched alkanes of at least 4 members (excludes halogenated alkanes) is 22. The van der Waals surface area contributed by atoms with Crippen molar-refractivity contribution in [3.8, 4) is 0 Å². The van der Waals surface area contributed by atoms with Crippen molar-refractivity contribution in [2.24, 2.45) is 0 Å². The van der Waals surface area contributed by atoms with Gasteiger partial charge in [-0.15, -0.1) is 0 Å². The zero-order valence-electron chi connectivity index (χ0n) is 28.7. The molecule has 43 heavy (non-hydrogen) atoms. The van der Waals surface area contributed by atoms with E-state index >= 15 is 0 Å². The Labute approximate surface area is 268 Å². The summed E-state index contributed by atoms with van der Waals surface area (Å²) in [6, 6.07) is -0.639. The molecule has 4 heteroatoms. The first kappa shape index (κ1) is 41.6. The molecule has 0 saturated heterocycles. The first-order valence-electron chi connectivity index (χ1n) is 18.7. The average molecular weight is 604 g/mol. The van der Waals surface area contributed by atoms with E-state index < -0.39 is 12.1 Å². The van der Waals surface area contributed by atoms with Crippen LogP contribution >= 0.6 is 0 Å². The molecular weight excluding hydrogens is 530 g/mol. The average Bonchev–Trinajstić information content (AvgIpc) is 3.01. The molecule has 0 aromatic heterocycles. The molecular formula is C39H73NO3. The molecule has 1 amide bonds. The molecule has 2 unspecified atom stereocenters. The number of hydrogen-bond acceptors (Lipinski definition) is 3. The zero-order chi connectivity index (χ0) is 31.5. The van der Waals surface area contributed by atoms with Crippen molar-refractivity contribution >= 4 is 5.91 Å². The Morgan fingerprint density at radius 1 is 0.535 bits per heavy atom. The van der Waals surface area contributed by atoms with E-state index in [1.165, 1.54) is 128 Å². The van der Waals surface area contributed by atoms with Crippen LogP contribution in [0.3, 0.4) is 0 Å². The maximum atomic E-state index is 12.2. The lowest BCUT2D eigenvalue weighted by Crippen LogP contribution is -2.45. The summed E-state index contributed by atoms with van der Waals surface area (Å²) in [7, 11) is 0. The Balaban J connectivity index is 3.66. The third-order valence-electron chi connectivity index (χ3n) is 8.35. The molecule has 0 spiro atoms. The lowest BCUT2D eigenvalue weighted by Gasteiger charge is -2.19. The quantitative estimate of drug-likeness (QED) is 0.0516. The third-order valence-corrected chi connectivity index (χ3v) is 8.35. The second-order valence-electron chi connectivity index (χ2n) is 12.6. The lowest BCUT2D eigenvalue weighted by atomic mass is 10.0. The Kier molecular flexibility index (Phi) is 34.0. The standard InChI is InChI=1S/C39H73NO3/c1-3-5-7-9-11-13-14-15-16-17-18-19-20-21-22-23-24-25-27-28-30-32-34-38(42)37(36-41)40-39(43)35-33-31-29-26-12-10-8-6-4-2/h21-22,25,27,32,34,37-38,41-42H,3-20,23-24,26,28-31,33,35-36H2,1-2H3,(H,40,43)/b22-21+,27-25+,34-32+. The van der Waals surface area contributed by atoms with Crippen molar-refractivity contribution in [2.45, 2.75) is 199 Å². The minimum Gasteiger partial charge on any atom is -0.394 e. The van der Waals surface area contributed by atoms with E-state index in [9.17, 15) is 15.0 Å². The van der Waals surface area contributed by atoms with Crippen molar-refractivity contribution in [1.29, 1.82) is 0 Å². The van der Waals surface area contributed by atoms with Gasteiger partial charge in [0.05, 0.1) is 18.8 Å². The van der Waals surface area contributed by atoms with Gasteiger partial charge in [-0.05, 0) is 44.9 Å². The molecule has 0 bridgehead atoms. The molecule has 4 nitrogen and oxygen atoms in total. The van der Waals surface area contributed by atoms with E-state index in [0.29, 0.717) is 6.42 Å². The zero-order valence-corrected chi connectivity index (χ0v) is 28.7. The van der Waals surface area contributed by atoms with Gasteiger partial charge in [0.15, 0.2) is 0 Å². The molecule has 252 valence electrons. The number of aliphatic hydroxyl groups is 2. The Bertz CT molecular complexity index is 657. The van der Waals surface area contributed by atoms with Crippen molar-refractivity contribution in [2.75, 3.05) is 6.61 Å². The van der Waals surface area contributed by atoms with Crippen LogP contribution in [0.15, 0.2) is 36.5 Å². The Hall–Kier alpha value is -1.39. The highest BCUT2D eigenvalue weighted by Crippen LogP contribution is 2.13. The molecule has 0 aliphatic carbocycles. The molecule has 0 rings (SSSR count). The molecule has 3 N–H and O–H groups in total. The van der Waals surface area contributed by atoms with Crippen LogP contribution in [-0.4, -0.2) is 34.9 Å². The van der Waals surface area contributed by atoms with Crippen molar-refractivity contribution in [1.82, 2.24) is 5.32 Å². The van der Waals surface area contributed by atoms with E-state index in [1.54, 1.807) is 6.08 Å². The number of nitrogens with one attached hydrogen (secondary N) is 1. The van der Waals surface area contributed by atoms with Crippen molar-refractivity contribution in [3.63, 3.8) is 0 Å². The number of amides is 1. The SMILES string of the molecule is CCCCCCCCCCCCCC/C=C/CC/C=C/CC/C=C/C(O)C(CO)NC(=O)CCCCCCCCCCC. The van der Waals surface area contributed by atoms with Gasteiger partial charge < -0.3 is 15.5 Å². The van der Waals surface area contributed by atoms with E-state index in [-0.39, 0.29) is 12.5 Å². The first-order valence-corrected chi connectivity index (χ1v) is 18.7. The van der Waals surface area contributed by atoms with Gasteiger partial charge in [0.2, 0.25) is 5.91 Å². The van der Waals surface area contributed by atoms with Gasteiger partial charge in [0, 0.05) is 6.42 Å². The van der Waals surface area contributed by atoms with Crippen LogP contribution < -0.4 is 5.32 Å². The molecule has 2 atom stereocenters. The molecule has 0 heterocycles. The summed E-state index contributed by atoms with van der Waals surface area (Å²) in [5, 5.41) is 22.8. The maximum absolute atomic E-state index is 12.2. The van der Waals surface area contributed by atoms with Crippen molar-refractivity contribution in [3.05, 3.63) is 36.5 Å². The van der Waals surface area contributed by atoms with Gasteiger partial charge in [-0.3, -0.25) is 4.79 Å². The smallest absolute Gasteiger partial charge is 0.220 e. The summed E-state index contributed by atoms with van der Waals surface area (Å²) >= 11 is 0.